The highest BCUT2D eigenvalue weighted by Gasteiger charge is 2.43. The summed E-state index contributed by atoms with van der Waals surface area (Å²) < 4.78 is 40.4. The van der Waals surface area contributed by atoms with Crippen molar-refractivity contribution < 1.29 is 17.9 Å². The van der Waals surface area contributed by atoms with Crippen molar-refractivity contribution in [2.24, 2.45) is 0 Å². The highest BCUT2D eigenvalue weighted by Crippen LogP contribution is 2.39. The third-order valence-corrected chi connectivity index (χ3v) is 7.31. The molecule has 6 nitrogen and oxygen atoms in total. The van der Waals surface area contributed by atoms with E-state index < -0.39 is 15.8 Å². The first-order chi connectivity index (χ1) is 13.6. The maximum Gasteiger partial charge on any atom is 0.268 e. The highest BCUT2D eigenvalue weighted by atomic mass is 32.2. The van der Waals surface area contributed by atoms with Crippen molar-refractivity contribution in [2.45, 2.75) is 29.6 Å². The molecule has 1 atom stereocenters. The highest BCUT2D eigenvalue weighted by molar-refractivity contribution is 7.90. The minimum absolute atomic E-state index is 0.183. The third kappa shape index (κ3) is 2.86. The average molecular weight is 398 g/mol. The summed E-state index contributed by atoms with van der Waals surface area (Å²) >= 11 is 0. The molecule has 5 rings (SSSR count). The first kappa shape index (κ1) is 17.9. The van der Waals surface area contributed by atoms with E-state index in [1.54, 1.807) is 24.3 Å². The second-order valence-electron chi connectivity index (χ2n) is 7.28. The first-order valence-corrected chi connectivity index (χ1v) is 11.0. The number of rotatable bonds is 3. The summed E-state index contributed by atoms with van der Waals surface area (Å²) in [5.74, 6) is -0.617. The Morgan fingerprint density at radius 3 is 2.50 bits per heavy atom. The number of piperidine rings is 1. The molecule has 2 aromatic carbocycles. The van der Waals surface area contributed by atoms with Gasteiger partial charge in [0.25, 0.3) is 10.0 Å². The predicted octanol–water partition coefficient (Wildman–Crippen LogP) is 3.05. The van der Waals surface area contributed by atoms with Crippen LogP contribution in [0.3, 0.4) is 0 Å². The zero-order valence-electron chi connectivity index (χ0n) is 15.4. The van der Waals surface area contributed by atoms with E-state index in [1.165, 1.54) is 3.97 Å². The number of hydrogen-bond acceptors (Lipinski definition) is 5. The molecule has 0 bridgehead atoms. The molecule has 2 aliphatic heterocycles. The van der Waals surface area contributed by atoms with Crippen LogP contribution in [0.4, 0.5) is 0 Å². The zero-order chi connectivity index (χ0) is 19.2. The standard InChI is InChI=1S/C21H22N2O4S/c24-28(25,17-7-2-1-3-8-17)23-19-9-5-4-6-16(19)14-20(23)18-15-21(10-11-22-18)26-12-13-27-21/h1-9,14,18,22H,10-13,15H2. The Balaban J connectivity index is 1.67. The molecule has 2 fully saturated rings. The van der Waals surface area contributed by atoms with Crippen LogP contribution in [0, 0.1) is 0 Å². The number of hydrogen-bond donors (Lipinski definition) is 1. The van der Waals surface area contributed by atoms with Crippen LogP contribution < -0.4 is 5.32 Å². The van der Waals surface area contributed by atoms with Crippen molar-refractivity contribution in [2.75, 3.05) is 19.8 Å². The Kier molecular flexibility index (Phi) is 4.28. The molecule has 0 amide bonds. The van der Waals surface area contributed by atoms with Gasteiger partial charge in [-0.2, -0.15) is 0 Å². The normalized spacial score (nSPS) is 22.1. The molecule has 1 N–H and O–H groups in total. The molecule has 1 spiro atoms. The van der Waals surface area contributed by atoms with Crippen molar-refractivity contribution in [3.8, 4) is 0 Å². The number of para-hydroxylation sites is 1. The summed E-state index contributed by atoms with van der Waals surface area (Å²) in [5.41, 5.74) is 1.39. The van der Waals surface area contributed by atoms with Gasteiger partial charge in [0.2, 0.25) is 0 Å². The van der Waals surface area contributed by atoms with Crippen LogP contribution in [0.25, 0.3) is 10.9 Å². The Morgan fingerprint density at radius 1 is 1.00 bits per heavy atom. The van der Waals surface area contributed by atoms with Crippen molar-refractivity contribution in [3.63, 3.8) is 0 Å². The topological polar surface area (TPSA) is 69.6 Å². The van der Waals surface area contributed by atoms with E-state index in [0.29, 0.717) is 37.4 Å². The maximum absolute atomic E-state index is 13.6. The van der Waals surface area contributed by atoms with Gasteiger partial charge in [0.15, 0.2) is 5.79 Å². The SMILES string of the molecule is O=S(=O)(c1ccccc1)n1c(C2CC3(CCN2)OCCO3)cc2ccccc21. The van der Waals surface area contributed by atoms with Gasteiger partial charge >= 0.3 is 0 Å². The second-order valence-corrected chi connectivity index (χ2v) is 9.07. The lowest BCUT2D eigenvalue weighted by Crippen LogP contribution is -2.45. The third-order valence-electron chi connectivity index (χ3n) is 5.56. The monoisotopic (exact) mass is 398 g/mol. The van der Waals surface area contributed by atoms with Gasteiger partial charge in [0.05, 0.1) is 35.4 Å². The van der Waals surface area contributed by atoms with Gasteiger partial charge < -0.3 is 14.8 Å². The average Bonchev–Trinajstić information content (AvgIpc) is 3.33. The number of benzene rings is 2. The molecule has 146 valence electrons. The zero-order valence-corrected chi connectivity index (χ0v) is 16.2. The van der Waals surface area contributed by atoms with Crippen molar-refractivity contribution in [3.05, 3.63) is 66.4 Å². The minimum Gasteiger partial charge on any atom is -0.347 e. The summed E-state index contributed by atoms with van der Waals surface area (Å²) in [6, 6.07) is 17.9. The lowest BCUT2D eigenvalue weighted by Gasteiger charge is -2.37. The summed E-state index contributed by atoms with van der Waals surface area (Å²) in [5, 5.41) is 4.36. The van der Waals surface area contributed by atoms with E-state index in [4.69, 9.17) is 9.47 Å². The van der Waals surface area contributed by atoms with E-state index in [1.807, 2.05) is 36.4 Å². The van der Waals surface area contributed by atoms with Crippen molar-refractivity contribution in [1.29, 1.82) is 0 Å². The molecular formula is C21H22N2O4S. The Morgan fingerprint density at radius 2 is 1.71 bits per heavy atom. The van der Waals surface area contributed by atoms with Gasteiger partial charge in [0.1, 0.15) is 0 Å². The van der Waals surface area contributed by atoms with Crippen LogP contribution in [-0.4, -0.2) is 37.9 Å². The van der Waals surface area contributed by atoms with Gasteiger partial charge in [-0.25, -0.2) is 12.4 Å². The number of nitrogens with zero attached hydrogens (tertiary/aromatic N) is 1. The lowest BCUT2D eigenvalue weighted by molar-refractivity contribution is -0.180. The number of fused-ring (bicyclic) bond motifs is 1. The predicted molar refractivity (Wildman–Crippen MR) is 106 cm³/mol. The van der Waals surface area contributed by atoms with E-state index in [9.17, 15) is 8.42 Å². The fourth-order valence-corrected chi connectivity index (χ4v) is 5.84. The lowest BCUT2D eigenvalue weighted by atomic mass is 9.96. The molecule has 2 aliphatic rings. The Hall–Kier alpha value is -2.19. The molecule has 0 saturated carbocycles. The van der Waals surface area contributed by atoms with Gasteiger partial charge in [-0.1, -0.05) is 36.4 Å². The van der Waals surface area contributed by atoms with Crippen molar-refractivity contribution >= 4 is 20.9 Å². The van der Waals surface area contributed by atoms with Crippen LogP contribution >= 0.6 is 0 Å². The molecule has 1 aromatic heterocycles. The fraction of sp³-hybridized carbons (Fsp3) is 0.333. The van der Waals surface area contributed by atoms with Gasteiger partial charge in [-0.15, -0.1) is 0 Å². The Bertz CT molecular complexity index is 1100. The number of aromatic nitrogens is 1. The molecule has 28 heavy (non-hydrogen) atoms. The quantitative estimate of drug-likeness (QED) is 0.734. The largest absolute Gasteiger partial charge is 0.347 e. The first-order valence-electron chi connectivity index (χ1n) is 9.51. The molecule has 3 heterocycles. The second kappa shape index (κ2) is 6.70. The number of nitrogens with one attached hydrogen (secondary N) is 1. The van der Waals surface area contributed by atoms with Gasteiger partial charge in [-0.3, -0.25) is 0 Å². The van der Waals surface area contributed by atoms with Gasteiger partial charge in [0, 0.05) is 24.8 Å². The van der Waals surface area contributed by atoms with E-state index in [-0.39, 0.29) is 10.9 Å². The van der Waals surface area contributed by atoms with Crippen molar-refractivity contribution in [1.82, 2.24) is 9.29 Å². The molecule has 0 radical (unpaired) electrons. The maximum atomic E-state index is 13.6. The number of ether oxygens (including phenoxy) is 2. The van der Waals surface area contributed by atoms with Crippen LogP contribution in [0.2, 0.25) is 0 Å². The molecule has 7 heteroatoms. The van der Waals surface area contributed by atoms with E-state index >= 15 is 0 Å². The minimum atomic E-state index is -3.74. The smallest absolute Gasteiger partial charge is 0.268 e. The fourth-order valence-electron chi connectivity index (χ4n) is 4.25. The van der Waals surface area contributed by atoms with Crippen LogP contribution in [0.1, 0.15) is 24.6 Å². The molecule has 3 aromatic rings. The van der Waals surface area contributed by atoms with E-state index in [2.05, 4.69) is 5.32 Å². The summed E-state index contributed by atoms with van der Waals surface area (Å²) in [6.07, 6.45) is 1.34. The summed E-state index contributed by atoms with van der Waals surface area (Å²) in [7, 11) is -3.74. The Labute approximate surface area is 164 Å². The molecule has 2 saturated heterocycles. The summed E-state index contributed by atoms with van der Waals surface area (Å²) in [4.78, 5) is 0.275. The van der Waals surface area contributed by atoms with Crippen LogP contribution in [0.5, 0.6) is 0 Å². The summed E-state index contributed by atoms with van der Waals surface area (Å²) in [6.45, 7) is 1.87. The van der Waals surface area contributed by atoms with Crippen LogP contribution in [0.15, 0.2) is 65.6 Å². The molecule has 1 unspecified atom stereocenters. The van der Waals surface area contributed by atoms with Gasteiger partial charge in [-0.05, 0) is 24.3 Å². The molecule has 0 aliphatic carbocycles. The van der Waals surface area contributed by atoms with Crippen LogP contribution in [-0.2, 0) is 19.5 Å². The molecular weight excluding hydrogens is 376 g/mol. The van der Waals surface area contributed by atoms with E-state index in [0.717, 1.165) is 11.8 Å².